The summed E-state index contributed by atoms with van der Waals surface area (Å²) in [5.41, 5.74) is 0.299. The van der Waals surface area contributed by atoms with Gasteiger partial charge in [0.25, 0.3) is 5.91 Å². The van der Waals surface area contributed by atoms with E-state index in [2.05, 4.69) is 15.0 Å². The van der Waals surface area contributed by atoms with Crippen molar-refractivity contribution in [3.8, 4) is 11.5 Å². The number of rotatable bonds is 7. The lowest BCUT2D eigenvalue weighted by molar-refractivity contribution is -0.274. The Labute approximate surface area is 181 Å². The van der Waals surface area contributed by atoms with Gasteiger partial charge < -0.3 is 14.8 Å². The van der Waals surface area contributed by atoms with Gasteiger partial charge in [-0.05, 0) is 36.4 Å². The van der Waals surface area contributed by atoms with Crippen molar-refractivity contribution in [2.45, 2.75) is 18.9 Å². The summed E-state index contributed by atoms with van der Waals surface area (Å²) in [5.74, 6) is -1.91. The number of fused-ring (bicyclic) bond motifs is 1. The zero-order valence-electron chi connectivity index (χ0n) is 16.6. The van der Waals surface area contributed by atoms with Gasteiger partial charge in [0.1, 0.15) is 27.9 Å². The van der Waals surface area contributed by atoms with Crippen LogP contribution in [-0.4, -0.2) is 56.2 Å². The fourth-order valence-electron chi connectivity index (χ4n) is 2.91. The maximum atomic E-state index is 13.2. The van der Waals surface area contributed by atoms with Gasteiger partial charge in [0, 0.05) is 18.9 Å². The first-order chi connectivity index (χ1) is 14.9. The minimum atomic E-state index is -4.87. The highest BCUT2D eigenvalue weighted by molar-refractivity contribution is 7.90. The Balaban J connectivity index is 1.84. The zero-order chi connectivity index (χ0) is 23.5. The third-order valence-corrected chi connectivity index (χ3v) is 5.22. The number of benzene rings is 1. The van der Waals surface area contributed by atoms with Crippen molar-refractivity contribution in [2.75, 3.05) is 28.8 Å². The van der Waals surface area contributed by atoms with Crippen molar-refractivity contribution in [2.24, 2.45) is 0 Å². The third kappa shape index (κ3) is 6.33. The van der Waals surface area contributed by atoms with Gasteiger partial charge in [0.2, 0.25) is 5.91 Å². The summed E-state index contributed by atoms with van der Waals surface area (Å²) in [6, 6.07) is 7.40. The Bertz CT molecular complexity index is 1110. The van der Waals surface area contributed by atoms with E-state index in [1.807, 2.05) is 0 Å². The number of amides is 2. The van der Waals surface area contributed by atoms with Crippen LogP contribution in [-0.2, 0) is 19.4 Å². The summed E-state index contributed by atoms with van der Waals surface area (Å²) in [5, 5.41) is 2.58. The lowest BCUT2D eigenvalue weighted by atomic mass is 10.2. The molecule has 1 aromatic carbocycles. The summed E-state index contributed by atoms with van der Waals surface area (Å²) in [7, 11) is -3.46. The van der Waals surface area contributed by atoms with Gasteiger partial charge in [-0.2, -0.15) is 0 Å². The summed E-state index contributed by atoms with van der Waals surface area (Å²) in [6.45, 7) is -0.361. The molecular weight excluding hydrogens is 455 g/mol. The molecule has 3 rings (SSSR count). The second kappa shape index (κ2) is 9.02. The van der Waals surface area contributed by atoms with E-state index in [-0.39, 0.29) is 24.5 Å². The van der Waals surface area contributed by atoms with Crippen molar-refractivity contribution in [1.29, 1.82) is 0 Å². The lowest BCUT2D eigenvalue weighted by Gasteiger charge is -2.30. The Morgan fingerprint density at radius 2 is 1.88 bits per heavy atom. The number of aromatic nitrogens is 1. The van der Waals surface area contributed by atoms with Crippen molar-refractivity contribution >= 4 is 33.2 Å². The van der Waals surface area contributed by atoms with Crippen molar-refractivity contribution in [1.82, 2.24) is 4.98 Å². The quantitative estimate of drug-likeness (QED) is 0.655. The molecule has 13 heteroatoms. The normalized spacial score (nSPS) is 14.9. The number of carbonyl (C=O) groups is 2. The maximum absolute atomic E-state index is 13.2. The molecule has 0 bridgehead atoms. The van der Waals surface area contributed by atoms with Crippen LogP contribution in [0, 0.1) is 0 Å². The first-order valence-corrected chi connectivity index (χ1v) is 11.2. The number of carbonyl (C=O) groups excluding carboxylic acids is 2. The van der Waals surface area contributed by atoms with Gasteiger partial charge in [-0.1, -0.05) is 0 Å². The number of pyridine rings is 1. The molecule has 9 nitrogen and oxygen atoms in total. The van der Waals surface area contributed by atoms with Gasteiger partial charge in [-0.25, -0.2) is 13.4 Å². The van der Waals surface area contributed by atoms with E-state index in [0.29, 0.717) is 5.69 Å². The SMILES string of the molecule is CS(=O)(=O)CCC(Oc1ccc(OC(F)(F)F)cc1)C(=O)N1CC(=O)Nc2cccnc21. The largest absolute Gasteiger partial charge is 0.573 e. The molecule has 2 amide bonds. The van der Waals surface area contributed by atoms with Crippen LogP contribution in [0.1, 0.15) is 6.42 Å². The van der Waals surface area contributed by atoms with E-state index in [4.69, 9.17) is 4.74 Å². The Morgan fingerprint density at radius 1 is 1.22 bits per heavy atom. The molecule has 1 aliphatic rings. The van der Waals surface area contributed by atoms with Crippen molar-refractivity contribution in [3.05, 3.63) is 42.6 Å². The van der Waals surface area contributed by atoms with E-state index in [1.165, 1.54) is 6.20 Å². The second-order valence-corrected chi connectivity index (χ2v) is 9.15. The summed E-state index contributed by atoms with van der Waals surface area (Å²) in [6.07, 6.45) is -4.06. The monoisotopic (exact) mass is 473 g/mol. The number of nitrogens with zero attached hydrogens (tertiary/aromatic N) is 2. The van der Waals surface area contributed by atoms with Crippen LogP contribution in [0.4, 0.5) is 24.7 Å². The Hall–Kier alpha value is -3.35. The molecule has 1 aromatic heterocycles. The van der Waals surface area contributed by atoms with Crippen LogP contribution in [0.5, 0.6) is 11.5 Å². The number of ether oxygens (including phenoxy) is 2. The smallest absolute Gasteiger partial charge is 0.481 e. The van der Waals surface area contributed by atoms with Crippen LogP contribution < -0.4 is 19.7 Å². The Morgan fingerprint density at radius 3 is 2.50 bits per heavy atom. The molecule has 1 atom stereocenters. The topological polar surface area (TPSA) is 115 Å². The van der Waals surface area contributed by atoms with Gasteiger partial charge in [0.15, 0.2) is 11.9 Å². The van der Waals surface area contributed by atoms with Crippen LogP contribution >= 0.6 is 0 Å². The molecule has 0 saturated carbocycles. The fourth-order valence-corrected chi connectivity index (χ4v) is 3.55. The molecule has 0 radical (unpaired) electrons. The molecule has 2 aromatic rings. The zero-order valence-corrected chi connectivity index (χ0v) is 17.4. The molecular formula is C19H18F3N3O6S. The molecule has 172 valence electrons. The van der Waals surface area contributed by atoms with Gasteiger partial charge in [-0.3, -0.25) is 14.5 Å². The van der Waals surface area contributed by atoms with E-state index >= 15 is 0 Å². The maximum Gasteiger partial charge on any atom is 0.573 e. The molecule has 0 saturated heterocycles. The number of anilines is 2. The highest BCUT2D eigenvalue weighted by Crippen LogP contribution is 2.29. The number of halogens is 3. The van der Waals surface area contributed by atoms with Gasteiger partial charge >= 0.3 is 6.36 Å². The van der Waals surface area contributed by atoms with E-state index in [0.717, 1.165) is 35.4 Å². The van der Waals surface area contributed by atoms with Crippen molar-refractivity contribution in [3.63, 3.8) is 0 Å². The molecule has 2 heterocycles. The standard InChI is InChI=1S/C19H18F3N3O6S/c1-32(28,29)10-8-15(30-12-4-6-13(7-5-12)31-19(20,21)22)18(27)25-11-16(26)24-14-3-2-9-23-17(14)25/h2-7,9,15H,8,10-11H2,1H3,(H,24,26). The molecule has 0 fully saturated rings. The minimum absolute atomic E-state index is 0.00841. The predicted octanol–water partition coefficient (Wildman–Crippen LogP) is 2.15. The Kier molecular flexibility index (Phi) is 6.57. The average Bonchev–Trinajstić information content (AvgIpc) is 2.69. The minimum Gasteiger partial charge on any atom is -0.481 e. The average molecular weight is 473 g/mol. The van der Waals surface area contributed by atoms with Crippen LogP contribution in [0.2, 0.25) is 0 Å². The highest BCUT2D eigenvalue weighted by Gasteiger charge is 2.34. The van der Waals surface area contributed by atoms with E-state index in [1.54, 1.807) is 12.1 Å². The number of sulfone groups is 1. The third-order valence-electron chi connectivity index (χ3n) is 4.25. The fraction of sp³-hybridized carbons (Fsp3) is 0.316. The first kappa shape index (κ1) is 23.3. The van der Waals surface area contributed by atoms with Gasteiger partial charge in [0.05, 0.1) is 11.4 Å². The predicted molar refractivity (Wildman–Crippen MR) is 107 cm³/mol. The van der Waals surface area contributed by atoms with E-state index in [9.17, 15) is 31.2 Å². The van der Waals surface area contributed by atoms with Crippen LogP contribution in [0.15, 0.2) is 42.6 Å². The molecule has 0 spiro atoms. The highest BCUT2D eigenvalue weighted by atomic mass is 32.2. The summed E-state index contributed by atoms with van der Waals surface area (Å²) < 4.78 is 69.7. The summed E-state index contributed by atoms with van der Waals surface area (Å²) in [4.78, 5) is 30.4. The van der Waals surface area contributed by atoms with E-state index < -0.39 is 45.6 Å². The number of alkyl halides is 3. The summed E-state index contributed by atoms with van der Waals surface area (Å²) >= 11 is 0. The van der Waals surface area contributed by atoms with Crippen LogP contribution in [0.3, 0.4) is 0 Å². The molecule has 1 unspecified atom stereocenters. The molecule has 1 aliphatic heterocycles. The number of nitrogens with one attached hydrogen (secondary N) is 1. The second-order valence-electron chi connectivity index (χ2n) is 6.89. The first-order valence-electron chi connectivity index (χ1n) is 9.18. The molecule has 32 heavy (non-hydrogen) atoms. The lowest BCUT2D eigenvalue weighted by Crippen LogP contribution is -2.49. The molecule has 1 N–H and O–H groups in total. The van der Waals surface area contributed by atoms with Crippen molar-refractivity contribution < 1.29 is 40.7 Å². The van der Waals surface area contributed by atoms with Crippen LogP contribution in [0.25, 0.3) is 0 Å². The molecule has 0 aliphatic carbocycles. The van der Waals surface area contributed by atoms with Gasteiger partial charge in [-0.15, -0.1) is 13.2 Å². The number of hydrogen-bond acceptors (Lipinski definition) is 7. The number of hydrogen-bond donors (Lipinski definition) is 1.